The van der Waals surface area contributed by atoms with Crippen LogP contribution >= 0.6 is 35.5 Å². The number of anilines is 2. The van der Waals surface area contributed by atoms with Crippen LogP contribution in [0.15, 0.2) is 29.3 Å². The van der Waals surface area contributed by atoms with Gasteiger partial charge < -0.3 is 24.8 Å². The maximum atomic E-state index is 12.3. The van der Waals surface area contributed by atoms with Crippen LogP contribution in [-0.2, 0) is 11.2 Å². The van der Waals surface area contributed by atoms with E-state index in [1.807, 2.05) is 36.2 Å². The fraction of sp³-hybridized carbons (Fsp3) is 0.524. The number of fused-ring (bicyclic) bond motifs is 1. The van der Waals surface area contributed by atoms with Gasteiger partial charge >= 0.3 is 0 Å². The second-order valence-corrected chi connectivity index (χ2v) is 8.18. The summed E-state index contributed by atoms with van der Waals surface area (Å²) in [5.74, 6) is 2.59. The molecule has 0 saturated carbocycles. The number of aromatic nitrogens is 2. The number of ether oxygens (including phenoxy) is 1. The molecule has 9 nitrogen and oxygen atoms in total. The molecule has 1 saturated heterocycles. The summed E-state index contributed by atoms with van der Waals surface area (Å²) in [6.45, 7) is 7.14. The van der Waals surface area contributed by atoms with E-state index in [9.17, 15) is 4.79 Å². The zero-order valence-electron chi connectivity index (χ0n) is 18.5. The molecule has 0 atom stereocenters. The van der Waals surface area contributed by atoms with Gasteiger partial charge in [-0.1, -0.05) is 19.1 Å². The number of para-hydroxylation sites is 2. The molecule has 4 rings (SSSR count). The number of hydrogen-bond donors (Lipinski definition) is 1. The third kappa shape index (κ3) is 5.61. The minimum Gasteiger partial charge on any atom is -0.482 e. The molecule has 174 valence electrons. The quantitative estimate of drug-likeness (QED) is 0.247. The second kappa shape index (κ2) is 11.6. The van der Waals surface area contributed by atoms with Crippen LogP contribution in [0.2, 0.25) is 0 Å². The standard InChI is InChI=1S/C21H29N7O2S.HI/c1-3-18-24-21(31-25-18)27-13-11-26(12-14-27)20(22-2)23-9-6-10-28-16-7-4-5-8-17(16)30-15-19(28)29;/h4-5,7-8H,3,6,9-15H2,1-2H3,(H,22,23);1H. The van der Waals surface area contributed by atoms with E-state index in [-0.39, 0.29) is 36.5 Å². The summed E-state index contributed by atoms with van der Waals surface area (Å²) >= 11 is 1.48. The first-order chi connectivity index (χ1) is 15.2. The Kier molecular flexibility index (Phi) is 8.91. The smallest absolute Gasteiger partial charge is 0.265 e. The van der Waals surface area contributed by atoms with E-state index in [1.54, 1.807) is 0 Å². The highest BCUT2D eigenvalue weighted by atomic mass is 127. The molecule has 2 aromatic rings. The zero-order chi connectivity index (χ0) is 21.6. The zero-order valence-corrected chi connectivity index (χ0v) is 21.6. The van der Waals surface area contributed by atoms with Crippen LogP contribution in [0, 0.1) is 0 Å². The average molecular weight is 571 g/mol. The van der Waals surface area contributed by atoms with Gasteiger partial charge in [0, 0.05) is 64.3 Å². The van der Waals surface area contributed by atoms with Gasteiger partial charge in [-0.3, -0.25) is 9.79 Å². The lowest BCUT2D eigenvalue weighted by atomic mass is 10.2. The number of piperazine rings is 1. The molecule has 0 aliphatic carbocycles. The monoisotopic (exact) mass is 571 g/mol. The molecule has 2 aliphatic heterocycles. The van der Waals surface area contributed by atoms with Gasteiger partial charge in [0.2, 0.25) is 5.13 Å². The van der Waals surface area contributed by atoms with Gasteiger partial charge in [0.15, 0.2) is 12.6 Å². The predicted molar refractivity (Wildman–Crippen MR) is 139 cm³/mol. The normalized spacial score (nSPS) is 16.4. The summed E-state index contributed by atoms with van der Waals surface area (Å²) in [5.41, 5.74) is 0.849. The first-order valence-electron chi connectivity index (χ1n) is 10.7. The van der Waals surface area contributed by atoms with Crippen molar-refractivity contribution >= 4 is 58.2 Å². The molecule has 1 fully saturated rings. The van der Waals surface area contributed by atoms with Crippen LogP contribution in [0.4, 0.5) is 10.8 Å². The molecule has 1 aromatic heterocycles. The number of aryl methyl sites for hydroxylation is 1. The number of halogens is 1. The molecule has 1 N–H and O–H groups in total. The lowest BCUT2D eigenvalue weighted by molar-refractivity contribution is -0.121. The van der Waals surface area contributed by atoms with Gasteiger partial charge in [-0.05, 0) is 18.6 Å². The molecular weight excluding hydrogens is 541 g/mol. The van der Waals surface area contributed by atoms with Crippen molar-refractivity contribution in [2.24, 2.45) is 4.99 Å². The fourth-order valence-electron chi connectivity index (χ4n) is 3.80. The van der Waals surface area contributed by atoms with Crippen molar-refractivity contribution in [2.45, 2.75) is 19.8 Å². The first-order valence-corrected chi connectivity index (χ1v) is 11.5. The number of benzene rings is 1. The van der Waals surface area contributed by atoms with Gasteiger partial charge in [-0.2, -0.15) is 4.37 Å². The Labute approximate surface area is 210 Å². The van der Waals surface area contributed by atoms with Crippen molar-refractivity contribution in [3.63, 3.8) is 0 Å². The summed E-state index contributed by atoms with van der Waals surface area (Å²) in [6, 6.07) is 7.68. The number of carbonyl (C=O) groups excluding carboxylic acids is 1. The van der Waals surface area contributed by atoms with Gasteiger partial charge in [-0.15, -0.1) is 24.0 Å². The van der Waals surface area contributed by atoms with Crippen LogP contribution in [0.1, 0.15) is 19.2 Å². The summed E-state index contributed by atoms with van der Waals surface area (Å²) in [6.07, 6.45) is 1.69. The van der Waals surface area contributed by atoms with Crippen molar-refractivity contribution in [1.82, 2.24) is 19.6 Å². The number of nitrogens with one attached hydrogen (secondary N) is 1. The Hall–Kier alpha value is -2.15. The molecule has 32 heavy (non-hydrogen) atoms. The lowest BCUT2D eigenvalue weighted by Gasteiger charge is -2.36. The molecule has 3 heterocycles. The number of rotatable bonds is 6. The number of aliphatic imine (C=N–C) groups is 1. The van der Waals surface area contributed by atoms with Crippen LogP contribution < -0.4 is 19.9 Å². The highest BCUT2D eigenvalue weighted by molar-refractivity contribution is 14.0. The minimum absolute atomic E-state index is 0. The molecule has 2 aliphatic rings. The highest BCUT2D eigenvalue weighted by Gasteiger charge is 2.25. The maximum Gasteiger partial charge on any atom is 0.265 e. The largest absolute Gasteiger partial charge is 0.482 e. The fourth-order valence-corrected chi connectivity index (χ4v) is 4.60. The van der Waals surface area contributed by atoms with Gasteiger partial charge in [-0.25, -0.2) is 4.98 Å². The Morgan fingerprint density at radius 2 is 2.03 bits per heavy atom. The topological polar surface area (TPSA) is 86.2 Å². The summed E-state index contributed by atoms with van der Waals surface area (Å²) in [5, 5.41) is 4.46. The minimum atomic E-state index is 0. The van der Waals surface area contributed by atoms with Gasteiger partial charge in [0.25, 0.3) is 5.91 Å². The van der Waals surface area contributed by atoms with E-state index < -0.39 is 0 Å². The summed E-state index contributed by atoms with van der Waals surface area (Å²) < 4.78 is 9.90. The molecular formula is C21H30IN7O2S. The highest BCUT2D eigenvalue weighted by Crippen LogP contribution is 2.31. The van der Waals surface area contributed by atoms with Crippen molar-refractivity contribution in [3.8, 4) is 5.75 Å². The molecule has 0 bridgehead atoms. The second-order valence-electron chi connectivity index (χ2n) is 7.45. The van der Waals surface area contributed by atoms with Gasteiger partial charge in [0.1, 0.15) is 11.6 Å². The van der Waals surface area contributed by atoms with Crippen molar-refractivity contribution in [1.29, 1.82) is 0 Å². The Bertz CT molecular complexity index is 930. The summed E-state index contributed by atoms with van der Waals surface area (Å²) in [7, 11) is 1.81. The summed E-state index contributed by atoms with van der Waals surface area (Å²) in [4.78, 5) is 27.7. The lowest BCUT2D eigenvalue weighted by Crippen LogP contribution is -2.52. The average Bonchev–Trinajstić information content (AvgIpc) is 3.30. The van der Waals surface area contributed by atoms with Crippen molar-refractivity contribution in [2.75, 3.05) is 62.7 Å². The Morgan fingerprint density at radius 3 is 2.75 bits per heavy atom. The van der Waals surface area contributed by atoms with E-state index in [1.165, 1.54) is 11.5 Å². The first kappa shape index (κ1) is 24.5. The number of carbonyl (C=O) groups is 1. The van der Waals surface area contributed by atoms with Crippen LogP contribution in [-0.4, -0.2) is 79.0 Å². The van der Waals surface area contributed by atoms with Gasteiger partial charge in [0.05, 0.1) is 5.69 Å². The van der Waals surface area contributed by atoms with Crippen LogP contribution in [0.25, 0.3) is 0 Å². The van der Waals surface area contributed by atoms with E-state index in [0.717, 1.165) is 73.9 Å². The molecule has 1 amide bonds. The Morgan fingerprint density at radius 1 is 1.25 bits per heavy atom. The molecule has 1 aromatic carbocycles. The van der Waals surface area contributed by atoms with Crippen molar-refractivity contribution in [3.05, 3.63) is 30.1 Å². The molecule has 0 unspecified atom stereocenters. The van der Waals surface area contributed by atoms with E-state index in [2.05, 4.69) is 36.4 Å². The predicted octanol–water partition coefficient (Wildman–Crippen LogP) is 2.23. The van der Waals surface area contributed by atoms with Crippen LogP contribution in [0.3, 0.4) is 0 Å². The SMILES string of the molecule is CCc1nsc(N2CCN(C(=NC)NCCCN3C(=O)COc4ccccc43)CC2)n1.I. The van der Waals surface area contributed by atoms with E-state index in [4.69, 9.17) is 4.74 Å². The van der Waals surface area contributed by atoms with Crippen LogP contribution in [0.5, 0.6) is 5.75 Å². The van der Waals surface area contributed by atoms with E-state index in [0.29, 0.717) is 6.54 Å². The third-order valence-electron chi connectivity index (χ3n) is 5.48. The number of nitrogens with zero attached hydrogens (tertiary/aromatic N) is 6. The van der Waals surface area contributed by atoms with E-state index >= 15 is 0 Å². The maximum absolute atomic E-state index is 12.3. The Balaban J connectivity index is 0.00000289. The molecule has 11 heteroatoms. The number of hydrogen-bond acceptors (Lipinski definition) is 7. The number of guanidine groups is 1. The molecule has 0 radical (unpaired) electrons. The molecule has 0 spiro atoms. The third-order valence-corrected chi connectivity index (χ3v) is 6.30. The van der Waals surface area contributed by atoms with Crippen molar-refractivity contribution < 1.29 is 9.53 Å². The number of amides is 1.